The van der Waals surface area contributed by atoms with Gasteiger partial charge in [-0.05, 0) is 12.8 Å². The van der Waals surface area contributed by atoms with E-state index in [1.54, 1.807) is 6.26 Å². The molecule has 4 heteroatoms. The highest BCUT2D eigenvalue weighted by atomic mass is 16.6. The lowest BCUT2D eigenvalue weighted by Crippen LogP contribution is -2.34. The molecule has 1 saturated carbocycles. The summed E-state index contributed by atoms with van der Waals surface area (Å²) in [5.74, 6) is 0.182. The fourth-order valence-electron chi connectivity index (χ4n) is 3.58. The van der Waals surface area contributed by atoms with Gasteiger partial charge in [-0.3, -0.25) is 0 Å². The average molecular weight is 278 g/mol. The van der Waals surface area contributed by atoms with Crippen molar-refractivity contribution < 1.29 is 19.0 Å². The molecule has 0 radical (unpaired) electrons. The van der Waals surface area contributed by atoms with Gasteiger partial charge in [0.05, 0.1) is 31.7 Å². The summed E-state index contributed by atoms with van der Waals surface area (Å²) >= 11 is 0. The van der Waals surface area contributed by atoms with Gasteiger partial charge < -0.3 is 14.2 Å². The van der Waals surface area contributed by atoms with E-state index in [1.807, 2.05) is 0 Å². The molecule has 0 N–H and O–H groups in total. The van der Waals surface area contributed by atoms with E-state index >= 15 is 0 Å². The molecular formula is C16H22O4. The zero-order valence-electron chi connectivity index (χ0n) is 12.1. The smallest absolute Gasteiger partial charge is 0.337 e. The van der Waals surface area contributed by atoms with Crippen molar-refractivity contribution in [3.63, 3.8) is 0 Å². The molecule has 20 heavy (non-hydrogen) atoms. The van der Waals surface area contributed by atoms with Crippen LogP contribution in [0.15, 0.2) is 24.0 Å². The first-order chi connectivity index (χ1) is 9.73. The second kappa shape index (κ2) is 5.24. The zero-order chi connectivity index (χ0) is 14.2. The molecule has 110 valence electrons. The maximum atomic E-state index is 11.8. The predicted molar refractivity (Wildman–Crippen MR) is 73.9 cm³/mol. The van der Waals surface area contributed by atoms with Gasteiger partial charge >= 0.3 is 5.97 Å². The van der Waals surface area contributed by atoms with Gasteiger partial charge in [-0.1, -0.05) is 31.9 Å². The lowest BCUT2D eigenvalue weighted by molar-refractivity contribution is -0.137. The number of carbonyl (C=O) groups is 1. The largest absolute Gasteiger partial charge is 0.500 e. The van der Waals surface area contributed by atoms with Crippen molar-refractivity contribution >= 4 is 5.97 Å². The molecule has 0 spiro atoms. The lowest BCUT2D eigenvalue weighted by Gasteiger charge is -2.30. The van der Waals surface area contributed by atoms with Crippen LogP contribution in [0.2, 0.25) is 0 Å². The number of carbonyl (C=O) groups excluding carboxylic acids is 1. The van der Waals surface area contributed by atoms with Crippen LogP contribution in [0, 0.1) is 11.8 Å². The van der Waals surface area contributed by atoms with Crippen molar-refractivity contribution in [2.75, 3.05) is 13.7 Å². The number of epoxide rings is 1. The van der Waals surface area contributed by atoms with Gasteiger partial charge in [0.25, 0.3) is 0 Å². The molecule has 2 aliphatic heterocycles. The van der Waals surface area contributed by atoms with Gasteiger partial charge in [-0.25, -0.2) is 4.79 Å². The van der Waals surface area contributed by atoms with Crippen LogP contribution in [-0.4, -0.2) is 31.4 Å². The van der Waals surface area contributed by atoms with E-state index in [-0.39, 0.29) is 29.5 Å². The van der Waals surface area contributed by atoms with Crippen molar-refractivity contribution in [1.82, 2.24) is 0 Å². The van der Waals surface area contributed by atoms with Crippen LogP contribution in [0.25, 0.3) is 0 Å². The fraction of sp³-hybridized carbons (Fsp3) is 0.688. The third-order valence-corrected chi connectivity index (χ3v) is 4.73. The summed E-state index contributed by atoms with van der Waals surface area (Å²) in [4.78, 5) is 11.8. The SMILES string of the molecule is CCCCC=CC12OC1CC1C(C(=O)OC)=COCC12. The molecule has 4 atom stereocenters. The molecule has 4 unspecified atom stereocenters. The number of esters is 1. The Labute approximate surface area is 119 Å². The zero-order valence-corrected chi connectivity index (χ0v) is 12.1. The number of hydrogen-bond donors (Lipinski definition) is 0. The molecular weight excluding hydrogens is 256 g/mol. The Morgan fingerprint density at radius 3 is 3.20 bits per heavy atom. The number of methoxy groups -OCH3 is 1. The van der Waals surface area contributed by atoms with E-state index in [0.29, 0.717) is 12.2 Å². The highest BCUT2D eigenvalue weighted by Gasteiger charge is 2.69. The van der Waals surface area contributed by atoms with Gasteiger partial charge in [0.1, 0.15) is 5.60 Å². The first-order valence-electron chi connectivity index (χ1n) is 7.48. The number of rotatable bonds is 5. The minimum absolute atomic E-state index is 0.189. The van der Waals surface area contributed by atoms with E-state index in [1.165, 1.54) is 20.0 Å². The maximum absolute atomic E-state index is 11.8. The quantitative estimate of drug-likeness (QED) is 0.336. The lowest BCUT2D eigenvalue weighted by atomic mass is 9.82. The predicted octanol–water partition coefficient (Wildman–Crippen LogP) is 2.59. The van der Waals surface area contributed by atoms with Gasteiger partial charge in [0.15, 0.2) is 0 Å². The van der Waals surface area contributed by atoms with Crippen molar-refractivity contribution in [1.29, 1.82) is 0 Å². The van der Waals surface area contributed by atoms with E-state index < -0.39 is 0 Å². The van der Waals surface area contributed by atoms with Crippen molar-refractivity contribution in [3.8, 4) is 0 Å². The molecule has 2 heterocycles. The fourth-order valence-corrected chi connectivity index (χ4v) is 3.58. The van der Waals surface area contributed by atoms with Crippen molar-refractivity contribution in [2.24, 2.45) is 11.8 Å². The Bertz CT molecular complexity index is 453. The number of fused-ring (bicyclic) bond motifs is 3. The van der Waals surface area contributed by atoms with Crippen molar-refractivity contribution in [3.05, 3.63) is 24.0 Å². The third-order valence-electron chi connectivity index (χ3n) is 4.73. The van der Waals surface area contributed by atoms with Gasteiger partial charge in [0, 0.05) is 11.8 Å². The molecule has 0 aromatic carbocycles. The summed E-state index contributed by atoms with van der Waals surface area (Å²) in [5.41, 5.74) is 0.479. The average Bonchev–Trinajstić information content (AvgIpc) is 3.09. The van der Waals surface area contributed by atoms with Gasteiger partial charge in [-0.15, -0.1) is 0 Å². The van der Waals surface area contributed by atoms with E-state index in [4.69, 9.17) is 14.2 Å². The molecule has 0 aromatic heterocycles. The molecule has 3 aliphatic rings. The summed E-state index contributed by atoms with van der Waals surface area (Å²) < 4.78 is 16.2. The molecule has 0 bridgehead atoms. The molecule has 1 aliphatic carbocycles. The van der Waals surface area contributed by atoms with E-state index in [0.717, 1.165) is 12.8 Å². The Balaban J connectivity index is 1.72. The maximum Gasteiger partial charge on any atom is 0.337 e. The van der Waals surface area contributed by atoms with Crippen LogP contribution < -0.4 is 0 Å². The highest BCUT2D eigenvalue weighted by molar-refractivity contribution is 5.89. The minimum Gasteiger partial charge on any atom is -0.500 e. The standard InChI is InChI=1S/C16H22O4/c1-3-4-5-6-7-16-13-10-19-9-12(15(17)18-2)11(13)8-14(16)20-16/h6-7,9,11,13-14H,3-5,8,10H2,1-2H3. The molecule has 1 saturated heterocycles. The normalized spacial score (nSPS) is 37.9. The van der Waals surface area contributed by atoms with Crippen LogP contribution >= 0.6 is 0 Å². The monoisotopic (exact) mass is 278 g/mol. The second-order valence-corrected chi connectivity index (χ2v) is 5.85. The van der Waals surface area contributed by atoms with Gasteiger partial charge in [-0.2, -0.15) is 0 Å². The minimum atomic E-state index is -0.272. The Morgan fingerprint density at radius 1 is 1.60 bits per heavy atom. The number of unbranched alkanes of at least 4 members (excludes halogenated alkanes) is 2. The van der Waals surface area contributed by atoms with Crippen LogP contribution in [-0.2, 0) is 19.0 Å². The van der Waals surface area contributed by atoms with Crippen LogP contribution in [0.4, 0.5) is 0 Å². The topological polar surface area (TPSA) is 48.1 Å². The Morgan fingerprint density at radius 2 is 2.45 bits per heavy atom. The second-order valence-electron chi connectivity index (χ2n) is 5.85. The number of allylic oxidation sites excluding steroid dienone is 1. The summed E-state index contributed by atoms with van der Waals surface area (Å²) in [5, 5.41) is 0. The first kappa shape index (κ1) is 13.7. The Kier molecular flexibility index (Phi) is 3.59. The number of ether oxygens (including phenoxy) is 3. The highest BCUT2D eigenvalue weighted by Crippen LogP contribution is 2.60. The number of hydrogen-bond acceptors (Lipinski definition) is 4. The van der Waals surface area contributed by atoms with Crippen LogP contribution in [0.1, 0.15) is 32.6 Å². The summed E-state index contributed by atoms with van der Waals surface area (Å²) in [6.07, 6.45) is 10.6. The van der Waals surface area contributed by atoms with Gasteiger partial charge in [0.2, 0.25) is 0 Å². The van der Waals surface area contributed by atoms with E-state index in [9.17, 15) is 4.79 Å². The molecule has 2 fully saturated rings. The third kappa shape index (κ3) is 2.06. The van der Waals surface area contributed by atoms with Crippen molar-refractivity contribution in [2.45, 2.75) is 44.3 Å². The molecule has 0 amide bonds. The Hall–Kier alpha value is -1.29. The van der Waals surface area contributed by atoms with Crippen LogP contribution in [0.5, 0.6) is 0 Å². The first-order valence-corrected chi connectivity index (χ1v) is 7.48. The van der Waals surface area contributed by atoms with Crippen LogP contribution in [0.3, 0.4) is 0 Å². The summed E-state index contributed by atoms with van der Waals surface area (Å²) in [7, 11) is 1.42. The molecule has 0 aromatic rings. The molecule has 3 rings (SSSR count). The summed E-state index contributed by atoms with van der Waals surface area (Å²) in [6, 6.07) is 0. The molecule has 4 nitrogen and oxygen atoms in total. The summed E-state index contributed by atoms with van der Waals surface area (Å²) in [6.45, 7) is 2.82. The van der Waals surface area contributed by atoms with E-state index in [2.05, 4.69) is 19.1 Å².